The minimum absolute atomic E-state index is 0.0899. The second kappa shape index (κ2) is 8.11. The normalized spacial score (nSPS) is 13.1. The predicted molar refractivity (Wildman–Crippen MR) is 105 cm³/mol. The van der Waals surface area contributed by atoms with Gasteiger partial charge in [0.15, 0.2) is 0 Å². The maximum absolute atomic E-state index is 12.7. The molecule has 0 amide bonds. The fourth-order valence-corrected chi connectivity index (χ4v) is 4.01. The molecule has 0 radical (unpaired) electrons. The minimum Gasteiger partial charge on any atom is -0.507 e. The van der Waals surface area contributed by atoms with E-state index in [1.54, 1.807) is 13.8 Å². The highest BCUT2D eigenvalue weighted by atomic mass is 31.2. The van der Waals surface area contributed by atoms with E-state index in [0.29, 0.717) is 19.0 Å². The lowest BCUT2D eigenvalue weighted by Crippen LogP contribution is -2.18. The Bertz CT molecular complexity index is 584. The lowest BCUT2D eigenvalue weighted by atomic mass is 9.79. The Balaban J connectivity index is 3.26. The van der Waals surface area contributed by atoms with Gasteiger partial charge in [-0.05, 0) is 36.8 Å². The summed E-state index contributed by atoms with van der Waals surface area (Å²) in [5, 5.41) is 13.9. The molecule has 0 fully saturated rings. The largest absolute Gasteiger partial charge is 0.507 e. The molecule has 0 heterocycles. The maximum Gasteiger partial charge on any atom is 0.349 e. The van der Waals surface area contributed by atoms with E-state index in [9.17, 15) is 9.67 Å². The number of rotatable bonds is 7. The molecule has 5 nitrogen and oxygen atoms in total. The van der Waals surface area contributed by atoms with E-state index in [1.807, 2.05) is 12.1 Å². The average Bonchev–Trinajstić information content (AvgIpc) is 2.44. The zero-order chi connectivity index (χ0) is 19.5. The summed E-state index contributed by atoms with van der Waals surface area (Å²) in [5.41, 5.74) is 2.07. The Hall–Kier alpha value is -1.03. The number of nitrogens with one attached hydrogen (secondary N) is 1. The molecule has 0 aromatic heterocycles. The Morgan fingerprint density at radius 2 is 1.36 bits per heavy atom. The van der Waals surface area contributed by atoms with Gasteiger partial charge in [-0.2, -0.15) is 0 Å². The minimum atomic E-state index is -3.18. The van der Waals surface area contributed by atoms with Gasteiger partial charge < -0.3 is 19.5 Å². The van der Waals surface area contributed by atoms with Crippen molar-refractivity contribution in [2.45, 2.75) is 66.2 Å². The maximum atomic E-state index is 12.7. The molecule has 0 bridgehead atoms. The van der Waals surface area contributed by atoms with Crippen LogP contribution in [0.15, 0.2) is 12.1 Å². The third kappa shape index (κ3) is 6.02. The lowest BCUT2D eigenvalue weighted by Gasteiger charge is -2.28. The highest BCUT2D eigenvalue weighted by molar-refractivity contribution is 7.53. The van der Waals surface area contributed by atoms with Gasteiger partial charge in [0.25, 0.3) is 0 Å². The molecule has 0 spiro atoms. The SMILES string of the molecule is CCOP(=O)(CNc1cc(C(C)(C)C)c(O)c(C(C)(C)C)c1)OCC. The fraction of sp³-hybridized carbons (Fsp3) is 0.684. The van der Waals surface area contributed by atoms with Gasteiger partial charge >= 0.3 is 7.60 Å². The van der Waals surface area contributed by atoms with E-state index >= 15 is 0 Å². The molecule has 1 aromatic carbocycles. The number of hydrogen-bond acceptors (Lipinski definition) is 5. The Kier molecular flexibility index (Phi) is 7.14. The summed E-state index contributed by atoms with van der Waals surface area (Å²) >= 11 is 0. The Morgan fingerprint density at radius 3 is 1.68 bits per heavy atom. The first-order valence-corrected chi connectivity index (χ1v) is 10.6. The van der Waals surface area contributed by atoms with Crippen LogP contribution in [0.25, 0.3) is 0 Å². The van der Waals surface area contributed by atoms with Crippen molar-refractivity contribution < 1.29 is 18.7 Å². The molecular weight excluding hydrogens is 337 g/mol. The van der Waals surface area contributed by atoms with Crippen LogP contribution in [0.5, 0.6) is 5.75 Å². The van der Waals surface area contributed by atoms with Crippen molar-refractivity contribution in [3.63, 3.8) is 0 Å². The molecule has 1 rings (SSSR count). The number of anilines is 1. The summed E-state index contributed by atoms with van der Waals surface area (Å²) in [5.74, 6) is 0.323. The van der Waals surface area contributed by atoms with Gasteiger partial charge in [-0.3, -0.25) is 4.57 Å². The first-order valence-electron chi connectivity index (χ1n) is 8.84. The van der Waals surface area contributed by atoms with Crippen molar-refractivity contribution >= 4 is 13.3 Å². The summed E-state index contributed by atoms with van der Waals surface area (Å²) in [4.78, 5) is 0. The average molecular weight is 371 g/mol. The van der Waals surface area contributed by atoms with Gasteiger partial charge in [0, 0.05) is 16.8 Å². The van der Waals surface area contributed by atoms with E-state index in [-0.39, 0.29) is 17.1 Å². The number of aromatic hydroxyl groups is 1. The van der Waals surface area contributed by atoms with Crippen molar-refractivity contribution in [3.8, 4) is 5.75 Å². The first-order chi connectivity index (χ1) is 11.3. The highest BCUT2D eigenvalue weighted by Gasteiger charge is 2.28. The van der Waals surface area contributed by atoms with Gasteiger partial charge in [-0.15, -0.1) is 0 Å². The van der Waals surface area contributed by atoms with E-state index in [4.69, 9.17) is 9.05 Å². The molecule has 0 saturated carbocycles. The van der Waals surface area contributed by atoms with Gasteiger partial charge in [0.1, 0.15) is 12.0 Å². The fourth-order valence-electron chi connectivity index (χ4n) is 2.59. The number of hydrogen-bond donors (Lipinski definition) is 2. The van der Waals surface area contributed by atoms with Crippen LogP contribution in [0.1, 0.15) is 66.5 Å². The second-order valence-corrected chi connectivity index (χ2v) is 10.3. The zero-order valence-electron chi connectivity index (χ0n) is 16.9. The number of benzene rings is 1. The summed E-state index contributed by atoms with van der Waals surface area (Å²) in [6, 6.07) is 3.82. The molecule has 0 aliphatic carbocycles. The molecule has 25 heavy (non-hydrogen) atoms. The molecule has 6 heteroatoms. The standard InChI is InChI=1S/C19H34NO4P/c1-9-23-25(22,24-10-2)13-20-14-11-15(18(3,4)5)17(21)16(12-14)19(6,7)8/h11-12,20-21H,9-10,13H2,1-8H3. The molecular formula is C19H34NO4P. The summed E-state index contributed by atoms with van der Waals surface area (Å²) in [7, 11) is -3.18. The van der Waals surface area contributed by atoms with Crippen molar-refractivity contribution in [1.82, 2.24) is 0 Å². The third-order valence-electron chi connectivity index (χ3n) is 3.85. The van der Waals surface area contributed by atoms with Crippen LogP contribution >= 0.6 is 7.60 Å². The smallest absolute Gasteiger partial charge is 0.349 e. The van der Waals surface area contributed by atoms with Crippen molar-refractivity contribution in [2.75, 3.05) is 24.8 Å². The second-order valence-electron chi connectivity index (χ2n) is 8.20. The molecule has 0 atom stereocenters. The van der Waals surface area contributed by atoms with Crippen LogP contribution in [0, 0.1) is 0 Å². The van der Waals surface area contributed by atoms with Crippen LogP contribution in [0.4, 0.5) is 5.69 Å². The Morgan fingerprint density at radius 1 is 0.960 bits per heavy atom. The monoisotopic (exact) mass is 371 g/mol. The number of phenols is 1. The van der Waals surface area contributed by atoms with E-state index in [2.05, 4.69) is 46.9 Å². The molecule has 0 unspecified atom stereocenters. The third-order valence-corrected chi connectivity index (χ3v) is 5.70. The predicted octanol–water partition coefficient (Wildman–Crippen LogP) is 5.62. The summed E-state index contributed by atoms with van der Waals surface area (Å²) < 4.78 is 23.3. The van der Waals surface area contributed by atoms with Crippen molar-refractivity contribution in [2.24, 2.45) is 0 Å². The van der Waals surface area contributed by atoms with Crippen LogP contribution in [0.3, 0.4) is 0 Å². The van der Waals surface area contributed by atoms with Gasteiger partial charge in [0.05, 0.1) is 13.2 Å². The molecule has 0 saturated heterocycles. The van der Waals surface area contributed by atoms with Crippen LogP contribution in [-0.4, -0.2) is 24.6 Å². The molecule has 0 aliphatic rings. The number of phenolic OH excluding ortho intramolecular Hbond substituents is 1. The van der Waals surface area contributed by atoms with Crippen LogP contribution < -0.4 is 5.32 Å². The quantitative estimate of drug-likeness (QED) is 0.481. The Labute approximate surface area is 152 Å². The van der Waals surface area contributed by atoms with Crippen LogP contribution in [-0.2, 0) is 24.4 Å². The van der Waals surface area contributed by atoms with Crippen molar-refractivity contribution in [1.29, 1.82) is 0 Å². The van der Waals surface area contributed by atoms with E-state index in [0.717, 1.165) is 16.8 Å². The molecule has 1 aromatic rings. The molecule has 0 aliphatic heterocycles. The topological polar surface area (TPSA) is 67.8 Å². The van der Waals surface area contributed by atoms with Crippen LogP contribution in [0.2, 0.25) is 0 Å². The van der Waals surface area contributed by atoms with E-state index < -0.39 is 7.60 Å². The zero-order valence-corrected chi connectivity index (χ0v) is 17.8. The lowest BCUT2D eigenvalue weighted by molar-refractivity contribution is 0.221. The van der Waals surface area contributed by atoms with E-state index in [1.165, 1.54) is 0 Å². The van der Waals surface area contributed by atoms with Gasteiger partial charge in [-0.1, -0.05) is 41.5 Å². The summed E-state index contributed by atoms with van der Waals surface area (Å²) in [6.07, 6.45) is 0.0899. The first kappa shape index (κ1) is 22.0. The molecule has 2 N–H and O–H groups in total. The van der Waals surface area contributed by atoms with Gasteiger partial charge in [-0.25, -0.2) is 0 Å². The summed E-state index contributed by atoms with van der Waals surface area (Å²) in [6.45, 7) is 16.6. The van der Waals surface area contributed by atoms with Crippen molar-refractivity contribution in [3.05, 3.63) is 23.3 Å². The molecule has 144 valence electrons. The van der Waals surface area contributed by atoms with Gasteiger partial charge in [0.2, 0.25) is 0 Å². The highest BCUT2D eigenvalue weighted by Crippen LogP contribution is 2.48.